The average Bonchev–Trinajstić information content (AvgIpc) is 2.50. The van der Waals surface area contributed by atoms with Gasteiger partial charge >= 0.3 is 5.97 Å². The van der Waals surface area contributed by atoms with E-state index in [1.807, 2.05) is 0 Å². The first-order chi connectivity index (χ1) is 6.22. The van der Waals surface area contributed by atoms with Gasteiger partial charge < -0.3 is 15.4 Å². The molecule has 0 unspecified atom stereocenters. The van der Waals surface area contributed by atoms with Crippen molar-refractivity contribution in [3.8, 4) is 0 Å². The van der Waals surface area contributed by atoms with Crippen LogP contribution in [-0.2, 0) is 17.6 Å². The molecule has 0 atom stereocenters. The lowest BCUT2D eigenvalue weighted by Crippen LogP contribution is -2.03. The molecule has 0 saturated carbocycles. The van der Waals surface area contributed by atoms with E-state index in [9.17, 15) is 4.79 Å². The van der Waals surface area contributed by atoms with Gasteiger partial charge in [0.25, 0.3) is 0 Å². The molecule has 0 aliphatic rings. The zero-order valence-corrected chi connectivity index (χ0v) is 7.06. The van der Waals surface area contributed by atoms with E-state index < -0.39 is 5.97 Å². The monoisotopic (exact) mass is 185 g/mol. The molecule has 3 N–H and O–H groups in total. The Morgan fingerprint density at radius 1 is 1.54 bits per heavy atom. The fourth-order valence-corrected chi connectivity index (χ4v) is 0.835. The molecule has 0 radical (unpaired) electrons. The highest BCUT2D eigenvalue weighted by molar-refractivity contribution is 5.66. The van der Waals surface area contributed by atoms with Crippen molar-refractivity contribution in [2.45, 2.75) is 19.3 Å². The first-order valence-electron chi connectivity index (χ1n) is 3.95. The fraction of sp³-hybridized carbons (Fsp3) is 0.571. The number of nitrogens with zero attached hydrogens (tertiary/aromatic N) is 2. The number of aromatic nitrogens is 2. The summed E-state index contributed by atoms with van der Waals surface area (Å²) in [4.78, 5) is 14.1. The Kier molecular flexibility index (Phi) is 3.39. The molecule has 0 spiro atoms. The van der Waals surface area contributed by atoms with Gasteiger partial charge in [0.1, 0.15) is 0 Å². The normalized spacial score (nSPS) is 10.2. The lowest BCUT2D eigenvalue weighted by Gasteiger charge is -1.87. The van der Waals surface area contributed by atoms with Crippen LogP contribution in [0.3, 0.4) is 0 Å². The zero-order valence-electron chi connectivity index (χ0n) is 7.06. The highest BCUT2D eigenvalue weighted by Crippen LogP contribution is 2.00. The minimum atomic E-state index is -0.870. The highest BCUT2D eigenvalue weighted by atomic mass is 16.5. The van der Waals surface area contributed by atoms with Gasteiger partial charge in [-0.25, -0.2) is 0 Å². The molecule has 1 aromatic rings. The molecule has 6 nitrogen and oxygen atoms in total. The second kappa shape index (κ2) is 4.56. The second-order valence-electron chi connectivity index (χ2n) is 2.54. The molecule has 0 fully saturated rings. The molecule has 1 heterocycles. The maximum atomic E-state index is 10.2. The summed E-state index contributed by atoms with van der Waals surface area (Å²) in [7, 11) is 0. The van der Waals surface area contributed by atoms with Crippen LogP contribution in [0.25, 0.3) is 0 Å². The van der Waals surface area contributed by atoms with Crippen LogP contribution in [0.5, 0.6) is 0 Å². The SMILES string of the molecule is NCCc1nc(CCC(=O)O)no1. The number of nitrogens with two attached hydrogens (primary N) is 1. The fourth-order valence-electron chi connectivity index (χ4n) is 0.835. The third kappa shape index (κ3) is 3.20. The average molecular weight is 185 g/mol. The number of aliphatic carboxylic acids is 1. The van der Waals surface area contributed by atoms with Gasteiger partial charge in [0.15, 0.2) is 5.82 Å². The maximum Gasteiger partial charge on any atom is 0.303 e. The van der Waals surface area contributed by atoms with E-state index in [2.05, 4.69) is 10.1 Å². The third-order valence-electron chi connectivity index (χ3n) is 1.43. The van der Waals surface area contributed by atoms with Crippen LogP contribution in [-0.4, -0.2) is 27.8 Å². The number of hydrogen-bond acceptors (Lipinski definition) is 5. The molecule has 0 aliphatic heterocycles. The van der Waals surface area contributed by atoms with Crippen LogP contribution in [0.4, 0.5) is 0 Å². The summed E-state index contributed by atoms with van der Waals surface area (Å²) < 4.78 is 4.80. The number of rotatable bonds is 5. The van der Waals surface area contributed by atoms with Crippen molar-refractivity contribution >= 4 is 5.97 Å². The minimum absolute atomic E-state index is 0.0155. The Balaban J connectivity index is 2.44. The van der Waals surface area contributed by atoms with Crippen LogP contribution in [0.1, 0.15) is 18.1 Å². The summed E-state index contributed by atoms with van der Waals surface area (Å²) in [6, 6.07) is 0. The van der Waals surface area contributed by atoms with Crippen molar-refractivity contribution in [1.29, 1.82) is 0 Å². The van der Waals surface area contributed by atoms with Crippen molar-refractivity contribution in [1.82, 2.24) is 10.1 Å². The van der Waals surface area contributed by atoms with Crippen LogP contribution >= 0.6 is 0 Å². The number of carbonyl (C=O) groups is 1. The van der Waals surface area contributed by atoms with Gasteiger partial charge in [0.2, 0.25) is 5.89 Å². The Hall–Kier alpha value is -1.43. The van der Waals surface area contributed by atoms with Gasteiger partial charge in [-0.2, -0.15) is 4.98 Å². The zero-order chi connectivity index (χ0) is 9.68. The second-order valence-corrected chi connectivity index (χ2v) is 2.54. The van der Waals surface area contributed by atoms with E-state index in [0.29, 0.717) is 31.1 Å². The predicted molar refractivity (Wildman–Crippen MR) is 43.0 cm³/mol. The molecule has 1 rings (SSSR count). The quantitative estimate of drug-likeness (QED) is 0.646. The number of carboxylic acid groups (broad SMARTS) is 1. The molecule has 0 bridgehead atoms. The van der Waals surface area contributed by atoms with Gasteiger partial charge in [-0.15, -0.1) is 0 Å². The van der Waals surface area contributed by atoms with Gasteiger partial charge in [0, 0.05) is 19.4 Å². The lowest BCUT2D eigenvalue weighted by atomic mass is 10.3. The van der Waals surface area contributed by atoms with Gasteiger partial charge in [-0.3, -0.25) is 4.79 Å². The Morgan fingerprint density at radius 3 is 2.92 bits per heavy atom. The molecular formula is C7H11N3O3. The minimum Gasteiger partial charge on any atom is -0.481 e. The molecule has 72 valence electrons. The van der Waals surface area contributed by atoms with Crippen LogP contribution < -0.4 is 5.73 Å². The van der Waals surface area contributed by atoms with Crippen LogP contribution in [0.15, 0.2) is 4.52 Å². The molecule has 0 aliphatic carbocycles. The van der Waals surface area contributed by atoms with Crippen LogP contribution in [0.2, 0.25) is 0 Å². The van der Waals surface area contributed by atoms with E-state index in [0.717, 1.165) is 0 Å². The number of carboxylic acids is 1. The molecule has 13 heavy (non-hydrogen) atoms. The van der Waals surface area contributed by atoms with Crippen molar-refractivity contribution in [2.24, 2.45) is 5.73 Å². The summed E-state index contributed by atoms with van der Waals surface area (Å²) in [6.07, 6.45) is 0.838. The molecule has 0 amide bonds. The van der Waals surface area contributed by atoms with Crippen molar-refractivity contribution in [2.75, 3.05) is 6.54 Å². The molecule has 1 aromatic heterocycles. The Morgan fingerprint density at radius 2 is 2.31 bits per heavy atom. The Bertz CT molecular complexity index is 284. The van der Waals surface area contributed by atoms with E-state index in [1.165, 1.54) is 0 Å². The molecule has 0 aromatic carbocycles. The van der Waals surface area contributed by atoms with Gasteiger partial charge in [0.05, 0.1) is 6.42 Å². The smallest absolute Gasteiger partial charge is 0.303 e. The van der Waals surface area contributed by atoms with Crippen molar-refractivity contribution < 1.29 is 14.4 Å². The summed E-state index contributed by atoms with van der Waals surface area (Å²) in [5.41, 5.74) is 5.27. The van der Waals surface area contributed by atoms with Crippen molar-refractivity contribution in [3.63, 3.8) is 0 Å². The predicted octanol–water partition coefficient (Wildman–Crippen LogP) is -0.412. The van der Waals surface area contributed by atoms with E-state index in [1.54, 1.807) is 0 Å². The van der Waals surface area contributed by atoms with Crippen molar-refractivity contribution in [3.05, 3.63) is 11.7 Å². The summed E-state index contributed by atoms with van der Waals surface area (Å²) >= 11 is 0. The van der Waals surface area contributed by atoms with Gasteiger partial charge in [-0.1, -0.05) is 5.16 Å². The molecule has 6 heteroatoms. The number of aryl methyl sites for hydroxylation is 1. The number of hydrogen-bond donors (Lipinski definition) is 2. The standard InChI is InChI=1S/C7H11N3O3/c8-4-3-6-9-5(10-13-6)1-2-7(11)12/h1-4,8H2,(H,11,12). The highest BCUT2D eigenvalue weighted by Gasteiger charge is 2.06. The Labute approximate surface area is 74.7 Å². The largest absolute Gasteiger partial charge is 0.481 e. The van der Waals surface area contributed by atoms with E-state index in [-0.39, 0.29) is 6.42 Å². The van der Waals surface area contributed by atoms with E-state index >= 15 is 0 Å². The van der Waals surface area contributed by atoms with Crippen LogP contribution in [0, 0.1) is 0 Å². The molecule has 0 saturated heterocycles. The lowest BCUT2D eigenvalue weighted by molar-refractivity contribution is -0.137. The third-order valence-corrected chi connectivity index (χ3v) is 1.43. The summed E-state index contributed by atoms with van der Waals surface area (Å²) in [6.45, 7) is 0.445. The van der Waals surface area contributed by atoms with E-state index in [4.69, 9.17) is 15.4 Å². The first kappa shape index (κ1) is 9.66. The molecular weight excluding hydrogens is 174 g/mol. The maximum absolute atomic E-state index is 10.2. The summed E-state index contributed by atoms with van der Waals surface area (Å²) in [5, 5.41) is 12.0. The topological polar surface area (TPSA) is 102 Å². The first-order valence-corrected chi connectivity index (χ1v) is 3.95. The summed E-state index contributed by atoms with van der Waals surface area (Å²) in [5.74, 6) is 0.0129. The van der Waals surface area contributed by atoms with Gasteiger partial charge in [-0.05, 0) is 0 Å².